The molecule has 0 spiro atoms. The zero-order valence-electron chi connectivity index (χ0n) is 13.7. The van der Waals surface area contributed by atoms with Gasteiger partial charge >= 0.3 is 6.03 Å². The normalized spacial score (nSPS) is 12.7. The number of pyridine rings is 1. The predicted octanol–water partition coefficient (Wildman–Crippen LogP) is 2.21. The first-order valence-corrected chi connectivity index (χ1v) is 8.76. The maximum absolute atomic E-state index is 12.0. The molecule has 0 aliphatic heterocycles. The largest absolute Gasteiger partial charge is 0.331 e. The monoisotopic (exact) mass is 348 g/mol. The molecule has 2 aromatic rings. The van der Waals surface area contributed by atoms with Gasteiger partial charge in [-0.3, -0.25) is 5.32 Å². The highest BCUT2D eigenvalue weighted by atomic mass is 32.2. The van der Waals surface area contributed by atoms with Crippen molar-refractivity contribution in [1.29, 1.82) is 0 Å². The SMILES string of the molecule is C[C@@H](NC(=O)Nc1ccc(S(=O)(=O)N(C)C)cn1)c1ccccc1. The Bertz CT molecular complexity index is 790. The lowest BCUT2D eigenvalue weighted by atomic mass is 10.1. The maximum atomic E-state index is 12.0. The second-order valence-electron chi connectivity index (χ2n) is 5.40. The Balaban J connectivity index is 2.00. The summed E-state index contributed by atoms with van der Waals surface area (Å²) in [5.74, 6) is 0.269. The number of nitrogens with one attached hydrogen (secondary N) is 2. The third kappa shape index (κ3) is 4.30. The smallest absolute Gasteiger partial charge is 0.320 e. The third-order valence-corrected chi connectivity index (χ3v) is 5.20. The van der Waals surface area contributed by atoms with Crippen molar-refractivity contribution >= 4 is 21.9 Å². The number of anilines is 1. The summed E-state index contributed by atoms with van der Waals surface area (Å²) in [5.41, 5.74) is 0.980. The molecule has 2 amide bonds. The standard InChI is InChI=1S/C16H20N4O3S/c1-12(13-7-5-4-6-8-13)18-16(21)19-15-10-9-14(11-17-15)24(22,23)20(2)3/h4-12H,1-3H3,(H2,17,18,19,21)/t12-/m1/s1. The van der Waals surface area contributed by atoms with Crippen LogP contribution in [0.5, 0.6) is 0 Å². The van der Waals surface area contributed by atoms with Gasteiger partial charge in [-0.15, -0.1) is 0 Å². The number of carbonyl (C=O) groups is 1. The number of nitrogens with zero attached hydrogens (tertiary/aromatic N) is 2. The minimum atomic E-state index is -3.53. The van der Waals surface area contributed by atoms with Gasteiger partial charge in [-0.25, -0.2) is 22.5 Å². The highest BCUT2D eigenvalue weighted by molar-refractivity contribution is 7.89. The number of hydrogen-bond donors (Lipinski definition) is 2. The molecule has 0 aliphatic carbocycles. The van der Waals surface area contributed by atoms with Gasteiger partial charge in [0.25, 0.3) is 0 Å². The van der Waals surface area contributed by atoms with Crippen molar-refractivity contribution in [3.63, 3.8) is 0 Å². The Hall–Kier alpha value is -2.45. The van der Waals surface area contributed by atoms with Gasteiger partial charge in [-0.05, 0) is 24.6 Å². The lowest BCUT2D eigenvalue weighted by Crippen LogP contribution is -2.31. The zero-order chi connectivity index (χ0) is 17.7. The van der Waals surface area contributed by atoms with Crippen LogP contribution in [0.3, 0.4) is 0 Å². The molecule has 1 aromatic carbocycles. The van der Waals surface area contributed by atoms with Crippen LogP contribution in [0.25, 0.3) is 0 Å². The topological polar surface area (TPSA) is 91.4 Å². The molecule has 1 aromatic heterocycles. The van der Waals surface area contributed by atoms with Gasteiger partial charge in [0.15, 0.2) is 0 Å². The number of rotatable bonds is 5. The molecule has 128 valence electrons. The molecule has 7 nitrogen and oxygen atoms in total. The lowest BCUT2D eigenvalue weighted by molar-refractivity contribution is 0.249. The summed E-state index contributed by atoms with van der Waals surface area (Å²) in [6.45, 7) is 1.87. The highest BCUT2D eigenvalue weighted by Crippen LogP contribution is 2.14. The van der Waals surface area contributed by atoms with Gasteiger partial charge < -0.3 is 5.32 Å². The quantitative estimate of drug-likeness (QED) is 0.867. The van der Waals surface area contributed by atoms with E-state index >= 15 is 0 Å². The molecular weight excluding hydrogens is 328 g/mol. The van der Waals surface area contributed by atoms with Gasteiger partial charge in [0.1, 0.15) is 10.7 Å². The van der Waals surface area contributed by atoms with E-state index in [2.05, 4.69) is 15.6 Å². The Kier molecular flexibility index (Phi) is 5.53. The predicted molar refractivity (Wildman–Crippen MR) is 92.1 cm³/mol. The molecular formula is C16H20N4O3S. The average molecular weight is 348 g/mol. The summed E-state index contributed by atoms with van der Waals surface area (Å²) in [6, 6.07) is 11.8. The number of benzene rings is 1. The summed E-state index contributed by atoms with van der Waals surface area (Å²) in [4.78, 5) is 16.0. The Labute approximate surface area is 141 Å². The van der Waals surface area contributed by atoms with Crippen LogP contribution in [0, 0.1) is 0 Å². The van der Waals surface area contributed by atoms with Gasteiger partial charge in [0, 0.05) is 20.3 Å². The molecule has 2 N–H and O–H groups in total. The van der Waals surface area contributed by atoms with Gasteiger partial charge in [-0.1, -0.05) is 30.3 Å². The summed E-state index contributed by atoms with van der Waals surface area (Å²) in [5, 5.41) is 5.37. The van der Waals surface area contributed by atoms with Crippen LogP contribution in [-0.2, 0) is 10.0 Å². The highest BCUT2D eigenvalue weighted by Gasteiger charge is 2.17. The van der Waals surface area contributed by atoms with Crippen LogP contribution in [-0.4, -0.2) is 37.8 Å². The first-order valence-electron chi connectivity index (χ1n) is 7.32. The van der Waals surface area contributed by atoms with E-state index < -0.39 is 16.1 Å². The lowest BCUT2D eigenvalue weighted by Gasteiger charge is -2.15. The van der Waals surface area contributed by atoms with Crippen LogP contribution >= 0.6 is 0 Å². The number of sulfonamides is 1. The zero-order valence-corrected chi connectivity index (χ0v) is 14.5. The van der Waals surface area contributed by atoms with E-state index in [9.17, 15) is 13.2 Å². The number of hydrogen-bond acceptors (Lipinski definition) is 4. The average Bonchev–Trinajstić information content (AvgIpc) is 2.56. The summed E-state index contributed by atoms with van der Waals surface area (Å²) in [6.07, 6.45) is 1.21. The van der Waals surface area contributed by atoms with E-state index in [4.69, 9.17) is 0 Å². The number of aromatic nitrogens is 1. The second kappa shape index (κ2) is 7.41. The molecule has 1 atom stereocenters. The van der Waals surface area contributed by atoms with Crippen molar-refractivity contribution < 1.29 is 13.2 Å². The van der Waals surface area contributed by atoms with Gasteiger partial charge in [0.05, 0.1) is 6.04 Å². The molecule has 1 heterocycles. The van der Waals surface area contributed by atoms with E-state index in [1.807, 2.05) is 37.3 Å². The Morgan fingerprint density at radius 1 is 1.12 bits per heavy atom. The second-order valence-corrected chi connectivity index (χ2v) is 7.55. The minimum absolute atomic E-state index is 0.0658. The van der Waals surface area contributed by atoms with E-state index in [0.717, 1.165) is 9.87 Å². The van der Waals surface area contributed by atoms with Crippen LogP contribution in [0.2, 0.25) is 0 Å². The van der Waals surface area contributed by atoms with Crippen LogP contribution in [0.4, 0.5) is 10.6 Å². The van der Waals surface area contributed by atoms with Crippen molar-refractivity contribution in [3.8, 4) is 0 Å². The third-order valence-electron chi connectivity index (χ3n) is 3.40. The van der Waals surface area contributed by atoms with E-state index in [0.29, 0.717) is 0 Å². The van der Waals surface area contributed by atoms with Gasteiger partial charge in [0.2, 0.25) is 10.0 Å². The molecule has 2 rings (SSSR count). The van der Waals surface area contributed by atoms with E-state index in [-0.39, 0.29) is 16.8 Å². The van der Waals surface area contributed by atoms with Crippen LogP contribution in [0.15, 0.2) is 53.6 Å². The van der Waals surface area contributed by atoms with Crippen molar-refractivity contribution in [2.75, 3.05) is 19.4 Å². The summed E-state index contributed by atoms with van der Waals surface area (Å²) >= 11 is 0. The molecule has 24 heavy (non-hydrogen) atoms. The molecule has 8 heteroatoms. The molecule has 0 fully saturated rings. The molecule has 0 bridgehead atoms. The van der Waals surface area contributed by atoms with Crippen molar-refractivity contribution in [1.82, 2.24) is 14.6 Å². The first-order chi connectivity index (χ1) is 11.3. The minimum Gasteiger partial charge on any atom is -0.331 e. The molecule has 0 aliphatic rings. The van der Waals surface area contributed by atoms with E-state index in [1.165, 1.54) is 32.4 Å². The Morgan fingerprint density at radius 2 is 1.79 bits per heavy atom. The van der Waals surface area contributed by atoms with Crippen LogP contribution < -0.4 is 10.6 Å². The Morgan fingerprint density at radius 3 is 2.33 bits per heavy atom. The van der Waals surface area contributed by atoms with Crippen LogP contribution in [0.1, 0.15) is 18.5 Å². The first kappa shape index (κ1) is 17.9. The van der Waals surface area contributed by atoms with Gasteiger partial charge in [-0.2, -0.15) is 0 Å². The fraction of sp³-hybridized carbons (Fsp3) is 0.250. The fourth-order valence-corrected chi connectivity index (χ4v) is 2.84. The van der Waals surface area contributed by atoms with Crippen molar-refractivity contribution in [2.24, 2.45) is 0 Å². The summed E-state index contributed by atoms with van der Waals surface area (Å²) < 4.78 is 25.0. The van der Waals surface area contributed by atoms with E-state index in [1.54, 1.807) is 0 Å². The maximum Gasteiger partial charge on any atom is 0.320 e. The molecule has 0 saturated heterocycles. The number of amides is 2. The number of urea groups is 1. The fourth-order valence-electron chi connectivity index (χ4n) is 1.99. The van der Waals surface area contributed by atoms with Crippen molar-refractivity contribution in [3.05, 3.63) is 54.2 Å². The summed E-state index contributed by atoms with van der Waals surface area (Å²) in [7, 11) is -0.646. The number of carbonyl (C=O) groups excluding carboxylic acids is 1. The molecule has 0 unspecified atom stereocenters. The van der Waals surface area contributed by atoms with Crippen molar-refractivity contribution in [2.45, 2.75) is 17.9 Å². The molecule has 0 saturated carbocycles. The molecule has 0 radical (unpaired) electrons.